The fourth-order valence-electron chi connectivity index (χ4n) is 3.34. The number of rotatable bonds is 9. The molecule has 0 spiro atoms. The summed E-state index contributed by atoms with van der Waals surface area (Å²) in [6.45, 7) is 10.2. The van der Waals surface area contributed by atoms with Crippen LogP contribution in [0.25, 0.3) is 11.0 Å². The largest absolute Gasteiger partial charge is 0.335 e. The smallest absolute Gasteiger partial charge is 0.227 e. The van der Waals surface area contributed by atoms with Crippen LogP contribution in [0.2, 0.25) is 0 Å². The van der Waals surface area contributed by atoms with Gasteiger partial charge in [-0.25, -0.2) is 4.98 Å². The molecule has 0 aliphatic carbocycles. The quantitative estimate of drug-likeness (QED) is 0.502. The highest BCUT2D eigenvalue weighted by Gasteiger charge is 2.19. The zero-order valence-corrected chi connectivity index (χ0v) is 16.8. The van der Waals surface area contributed by atoms with E-state index < -0.39 is 0 Å². The van der Waals surface area contributed by atoms with Crippen molar-refractivity contribution < 1.29 is 4.79 Å². The van der Waals surface area contributed by atoms with Crippen LogP contribution in [0.5, 0.6) is 0 Å². The molecule has 0 N–H and O–H groups in total. The van der Waals surface area contributed by atoms with E-state index in [0.29, 0.717) is 25.4 Å². The van der Waals surface area contributed by atoms with Crippen LogP contribution < -0.4 is 0 Å². The van der Waals surface area contributed by atoms with Crippen LogP contribution in [0.1, 0.15) is 31.7 Å². The molecule has 4 heteroatoms. The van der Waals surface area contributed by atoms with Gasteiger partial charge in [-0.15, -0.1) is 6.58 Å². The van der Waals surface area contributed by atoms with Crippen LogP contribution in [0.15, 0.2) is 67.3 Å². The van der Waals surface area contributed by atoms with E-state index in [1.165, 1.54) is 0 Å². The second-order valence-electron chi connectivity index (χ2n) is 7.58. The summed E-state index contributed by atoms with van der Waals surface area (Å²) in [5, 5.41) is 0. The monoisotopic (exact) mass is 375 g/mol. The van der Waals surface area contributed by atoms with E-state index in [1.807, 2.05) is 59.5 Å². The van der Waals surface area contributed by atoms with Crippen LogP contribution in [-0.2, 0) is 24.3 Å². The first-order valence-corrected chi connectivity index (χ1v) is 9.95. The van der Waals surface area contributed by atoms with Crippen LogP contribution >= 0.6 is 0 Å². The molecule has 0 saturated carbocycles. The van der Waals surface area contributed by atoms with Gasteiger partial charge < -0.3 is 9.47 Å². The molecule has 1 amide bonds. The molecule has 0 atom stereocenters. The molecule has 2 aromatic carbocycles. The molecule has 28 heavy (non-hydrogen) atoms. The highest BCUT2D eigenvalue weighted by atomic mass is 16.2. The molecule has 146 valence electrons. The van der Waals surface area contributed by atoms with Crippen molar-refractivity contribution in [3.05, 3.63) is 78.6 Å². The van der Waals surface area contributed by atoms with Crippen LogP contribution in [0.3, 0.4) is 0 Å². The van der Waals surface area contributed by atoms with Gasteiger partial charge in [-0.05, 0) is 30.0 Å². The van der Waals surface area contributed by atoms with Gasteiger partial charge in [-0.3, -0.25) is 4.79 Å². The minimum atomic E-state index is 0.143. The summed E-state index contributed by atoms with van der Waals surface area (Å²) >= 11 is 0. The Labute approximate surface area is 167 Å². The lowest BCUT2D eigenvalue weighted by atomic mass is 10.1. The van der Waals surface area contributed by atoms with Crippen molar-refractivity contribution in [3.8, 4) is 0 Å². The van der Waals surface area contributed by atoms with Crippen molar-refractivity contribution in [2.45, 2.75) is 39.8 Å². The maximum atomic E-state index is 13.1. The number of hydrogen-bond acceptors (Lipinski definition) is 2. The zero-order chi connectivity index (χ0) is 19.9. The standard InChI is InChI=1S/C24H29N3O/c1-4-15-27-22-13-9-8-12-21(22)25-23(27)18-26(16-14-19(2)3)24(28)17-20-10-6-5-7-11-20/h4-13,19H,1,14-18H2,2-3H3. The van der Waals surface area contributed by atoms with Gasteiger partial charge in [0, 0.05) is 13.1 Å². The van der Waals surface area contributed by atoms with Gasteiger partial charge in [0.1, 0.15) is 5.82 Å². The summed E-state index contributed by atoms with van der Waals surface area (Å²) in [5.74, 6) is 1.59. The van der Waals surface area contributed by atoms with Crippen molar-refractivity contribution in [2.75, 3.05) is 6.54 Å². The van der Waals surface area contributed by atoms with E-state index in [-0.39, 0.29) is 5.91 Å². The van der Waals surface area contributed by atoms with Crippen molar-refractivity contribution in [1.82, 2.24) is 14.5 Å². The first kappa shape index (κ1) is 19.9. The third-order valence-corrected chi connectivity index (χ3v) is 4.90. The number of carbonyl (C=O) groups is 1. The lowest BCUT2D eigenvalue weighted by Crippen LogP contribution is -2.34. The fraction of sp³-hybridized carbons (Fsp3) is 0.333. The first-order chi connectivity index (χ1) is 13.6. The minimum Gasteiger partial charge on any atom is -0.335 e. The summed E-state index contributed by atoms with van der Waals surface area (Å²) in [7, 11) is 0. The summed E-state index contributed by atoms with van der Waals surface area (Å²) < 4.78 is 2.15. The molecule has 0 radical (unpaired) electrons. The Morgan fingerprint density at radius 2 is 1.86 bits per heavy atom. The van der Waals surface area contributed by atoms with E-state index in [1.54, 1.807) is 0 Å². The summed E-state index contributed by atoms with van der Waals surface area (Å²) in [4.78, 5) is 19.8. The van der Waals surface area contributed by atoms with Gasteiger partial charge in [-0.1, -0.05) is 62.4 Å². The summed E-state index contributed by atoms with van der Waals surface area (Å²) in [6.07, 6.45) is 3.27. The molecular weight excluding hydrogens is 346 g/mol. The lowest BCUT2D eigenvalue weighted by molar-refractivity contribution is -0.131. The Balaban J connectivity index is 1.86. The third-order valence-electron chi connectivity index (χ3n) is 4.90. The van der Waals surface area contributed by atoms with Crippen LogP contribution in [-0.4, -0.2) is 26.9 Å². The number of imidazole rings is 1. The molecule has 0 saturated heterocycles. The summed E-state index contributed by atoms with van der Waals surface area (Å²) in [5.41, 5.74) is 3.08. The van der Waals surface area contributed by atoms with E-state index in [0.717, 1.165) is 35.4 Å². The van der Waals surface area contributed by atoms with Crippen molar-refractivity contribution in [1.29, 1.82) is 0 Å². The molecule has 0 fully saturated rings. The van der Waals surface area contributed by atoms with Gasteiger partial charge in [0.05, 0.1) is 24.0 Å². The normalized spacial score (nSPS) is 11.1. The molecule has 0 aliphatic rings. The van der Waals surface area contributed by atoms with Crippen molar-refractivity contribution >= 4 is 16.9 Å². The second-order valence-corrected chi connectivity index (χ2v) is 7.58. The number of carbonyl (C=O) groups excluding carboxylic acids is 1. The number of aromatic nitrogens is 2. The van der Waals surface area contributed by atoms with Gasteiger partial charge in [0.25, 0.3) is 0 Å². The van der Waals surface area contributed by atoms with Crippen molar-refractivity contribution in [3.63, 3.8) is 0 Å². The molecule has 3 rings (SSSR count). The van der Waals surface area contributed by atoms with E-state index >= 15 is 0 Å². The molecule has 3 aromatic rings. The minimum absolute atomic E-state index is 0.143. The highest BCUT2D eigenvalue weighted by Crippen LogP contribution is 2.18. The molecular formula is C24H29N3O. The van der Waals surface area contributed by atoms with Gasteiger partial charge in [-0.2, -0.15) is 0 Å². The maximum absolute atomic E-state index is 13.1. The first-order valence-electron chi connectivity index (χ1n) is 9.95. The van der Waals surface area contributed by atoms with E-state index in [4.69, 9.17) is 4.98 Å². The Hall–Kier alpha value is -2.88. The predicted octanol–water partition coefficient (Wildman–Crippen LogP) is 4.84. The lowest BCUT2D eigenvalue weighted by Gasteiger charge is -2.24. The van der Waals surface area contributed by atoms with E-state index in [2.05, 4.69) is 31.1 Å². The van der Waals surface area contributed by atoms with Gasteiger partial charge in [0.2, 0.25) is 5.91 Å². The predicted molar refractivity (Wildman–Crippen MR) is 115 cm³/mol. The number of nitrogens with zero attached hydrogens (tertiary/aromatic N) is 3. The third kappa shape index (κ3) is 4.89. The molecule has 0 aliphatic heterocycles. The Morgan fingerprint density at radius 3 is 2.57 bits per heavy atom. The topological polar surface area (TPSA) is 38.1 Å². The summed E-state index contributed by atoms with van der Waals surface area (Å²) in [6, 6.07) is 18.0. The maximum Gasteiger partial charge on any atom is 0.227 e. The highest BCUT2D eigenvalue weighted by molar-refractivity contribution is 5.79. The average molecular weight is 376 g/mol. The molecule has 4 nitrogen and oxygen atoms in total. The number of benzene rings is 2. The Morgan fingerprint density at radius 1 is 1.14 bits per heavy atom. The number of amides is 1. The number of hydrogen-bond donors (Lipinski definition) is 0. The average Bonchev–Trinajstić information content (AvgIpc) is 3.03. The van der Waals surface area contributed by atoms with E-state index in [9.17, 15) is 4.79 Å². The van der Waals surface area contributed by atoms with Gasteiger partial charge >= 0.3 is 0 Å². The van der Waals surface area contributed by atoms with Gasteiger partial charge in [0.15, 0.2) is 0 Å². The SMILES string of the molecule is C=CCn1c(CN(CCC(C)C)C(=O)Cc2ccccc2)nc2ccccc21. The zero-order valence-electron chi connectivity index (χ0n) is 16.8. The van der Waals surface area contributed by atoms with Crippen molar-refractivity contribution in [2.24, 2.45) is 5.92 Å². The van der Waals surface area contributed by atoms with Crippen LogP contribution in [0, 0.1) is 5.92 Å². The number of para-hydroxylation sites is 2. The molecule has 0 unspecified atom stereocenters. The Bertz CT molecular complexity index is 927. The van der Waals surface area contributed by atoms with Crippen LogP contribution in [0.4, 0.5) is 0 Å². The fourth-order valence-corrected chi connectivity index (χ4v) is 3.34. The Kier molecular flexibility index (Phi) is 6.64. The molecule has 1 heterocycles. The molecule has 1 aromatic heterocycles. The number of fused-ring (bicyclic) bond motifs is 1. The number of allylic oxidation sites excluding steroid dienone is 1. The molecule has 0 bridgehead atoms. The second kappa shape index (κ2) is 9.36.